The van der Waals surface area contributed by atoms with Gasteiger partial charge < -0.3 is 10.2 Å². The molecule has 1 aromatic carbocycles. The van der Waals surface area contributed by atoms with Crippen molar-refractivity contribution in [2.75, 3.05) is 26.2 Å². The summed E-state index contributed by atoms with van der Waals surface area (Å²) in [6.45, 7) is 3.91. The molecule has 0 saturated carbocycles. The summed E-state index contributed by atoms with van der Waals surface area (Å²) in [6.07, 6.45) is 6.72. The van der Waals surface area contributed by atoms with Gasteiger partial charge in [0.15, 0.2) is 0 Å². The molecule has 0 atom stereocenters. The Balaban J connectivity index is 1.48. The van der Waals surface area contributed by atoms with E-state index in [0.29, 0.717) is 12.1 Å². The standard InChI is InChI=1S/C16H22N6O/c23-16(17-9-12-21-10-3-1-2-4-11-21)14-5-7-15(8-6-14)22-13-18-19-20-22/h5-8,13H,1-4,9-12H2,(H,17,23). The number of amides is 1. The number of likely N-dealkylation sites (tertiary alicyclic amines) is 1. The monoisotopic (exact) mass is 314 g/mol. The maximum atomic E-state index is 12.2. The molecule has 7 heteroatoms. The molecular weight excluding hydrogens is 292 g/mol. The van der Waals surface area contributed by atoms with Gasteiger partial charge in [0.1, 0.15) is 6.33 Å². The molecule has 1 amide bonds. The third-order valence-electron chi connectivity index (χ3n) is 4.16. The van der Waals surface area contributed by atoms with E-state index in [1.807, 2.05) is 12.1 Å². The summed E-state index contributed by atoms with van der Waals surface area (Å²) in [4.78, 5) is 14.6. The number of hydrogen-bond acceptors (Lipinski definition) is 5. The molecule has 0 bridgehead atoms. The average Bonchev–Trinajstić information content (AvgIpc) is 3.00. The van der Waals surface area contributed by atoms with Gasteiger partial charge in [0.25, 0.3) is 5.91 Å². The quantitative estimate of drug-likeness (QED) is 0.899. The molecule has 1 aliphatic heterocycles. The van der Waals surface area contributed by atoms with Gasteiger partial charge in [-0.2, -0.15) is 0 Å². The Morgan fingerprint density at radius 1 is 1.09 bits per heavy atom. The fourth-order valence-electron chi connectivity index (χ4n) is 2.83. The van der Waals surface area contributed by atoms with Crippen molar-refractivity contribution in [1.82, 2.24) is 30.4 Å². The number of benzene rings is 1. The Morgan fingerprint density at radius 3 is 2.48 bits per heavy atom. The first-order valence-electron chi connectivity index (χ1n) is 8.17. The van der Waals surface area contributed by atoms with Crippen LogP contribution in [0.3, 0.4) is 0 Å². The number of tetrazole rings is 1. The lowest BCUT2D eigenvalue weighted by Crippen LogP contribution is -2.35. The maximum absolute atomic E-state index is 12.2. The molecule has 2 heterocycles. The lowest BCUT2D eigenvalue weighted by Gasteiger charge is -2.19. The van der Waals surface area contributed by atoms with E-state index < -0.39 is 0 Å². The minimum atomic E-state index is -0.0388. The Kier molecular flexibility index (Phi) is 5.31. The van der Waals surface area contributed by atoms with E-state index >= 15 is 0 Å². The molecule has 0 spiro atoms. The molecule has 0 radical (unpaired) electrons. The first-order chi connectivity index (χ1) is 11.3. The minimum absolute atomic E-state index is 0.0388. The summed E-state index contributed by atoms with van der Waals surface area (Å²) in [5.41, 5.74) is 1.48. The molecule has 2 aromatic rings. The van der Waals surface area contributed by atoms with Gasteiger partial charge in [0.2, 0.25) is 0 Å². The predicted octanol–water partition coefficient (Wildman–Crippen LogP) is 1.27. The minimum Gasteiger partial charge on any atom is -0.351 e. The number of aromatic nitrogens is 4. The summed E-state index contributed by atoms with van der Waals surface area (Å²) in [7, 11) is 0. The van der Waals surface area contributed by atoms with Crippen LogP contribution >= 0.6 is 0 Å². The van der Waals surface area contributed by atoms with Crippen LogP contribution in [0, 0.1) is 0 Å². The molecule has 3 rings (SSSR count). The van der Waals surface area contributed by atoms with Crippen LogP contribution in [0.4, 0.5) is 0 Å². The van der Waals surface area contributed by atoms with Crippen LogP contribution in [0.15, 0.2) is 30.6 Å². The smallest absolute Gasteiger partial charge is 0.251 e. The number of carbonyl (C=O) groups excluding carboxylic acids is 1. The van der Waals surface area contributed by atoms with E-state index in [1.54, 1.807) is 16.8 Å². The van der Waals surface area contributed by atoms with Crippen molar-refractivity contribution < 1.29 is 4.79 Å². The van der Waals surface area contributed by atoms with Crippen LogP contribution in [0.2, 0.25) is 0 Å². The van der Waals surface area contributed by atoms with Gasteiger partial charge in [0.05, 0.1) is 5.69 Å². The number of nitrogens with one attached hydrogen (secondary N) is 1. The Bertz CT molecular complexity index is 602. The second-order valence-corrected chi connectivity index (χ2v) is 5.81. The molecule has 1 aliphatic rings. The third-order valence-corrected chi connectivity index (χ3v) is 4.16. The number of carbonyl (C=O) groups is 1. The van der Waals surface area contributed by atoms with Crippen molar-refractivity contribution in [1.29, 1.82) is 0 Å². The van der Waals surface area contributed by atoms with Crippen LogP contribution in [0.25, 0.3) is 5.69 Å². The average molecular weight is 314 g/mol. The SMILES string of the molecule is O=C(NCCN1CCCCCC1)c1ccc(-n2cnnn2)cc1. The molecule has 7 nitrogen and oxygen atoms in total. The molecule has 1 fully saturated rings. The number of hydrogen-bond donors (Lipinski definition) is 1. The van der Waals surface area contributed by atoms with E-state index in [0.717, 1.165) is 25.3 Å². The Labute approximate surface area is 135 Å². The number of nitrogens with zero attached hydrogens (tertiary/aromatic N) is 5. The Morgan fingerprint density at radius 2 is 1.83 bits per heavy atom. The molecule has 1 N–H and O–H groups in total. The number of rotatable bonds is 5. The van der Waals surface area contributed by atoms with Crippen molar-refractivity contribution in [2.24, 2.45) is 0 Å². The molecule has 122 valence electrons. The molecule has 1 saturated heterocycles. The van der Waals surface area contributed by atoms with Gasteiger partial charge in [-0.05, 0) is 60.6 Å². The molecule has 23 heavy (non-hydrogen) atoms. The van der Waals surface area contributed by atoms with Crippen LogP contribution in [-0.4, -0.2) is 57.2 Å². The Hall–Kier alpha value is -2.28. The van der Waals surface area contributed by atoms with Gasteiger partial charge >= 0.3 is 0 Å². The van der Waals surface area contributed by atoms with Gasteiger partial charge in [-0.25, -0.2) is 4.68 Å². The second-order valence-electron chi connectivity index (χ2n) is 5.81. The van der Waals surface area contributed by atoms with Crippen molar-refractivity contribution >= 4 is 5.91 Å². The molecule has 0 unspecified atom stereocenters. The van der Waals surface area contributed by atoms with E-state index in [-0.39, 0.29) is 5.91 Å². The zero-order valence-electron chi connectivity index (χ0n) is 13.2. The first-order valence-corrected chi connectivity index (χ1v) is 8.17. The van der Waals surface area contributed by atoms with E-state index in [2.05, 4.69) is 25.7 Å². The summed E-state index contributed by atoms with van der Waals surface area (Å²) < 4.78 is 1.56. The van der Waals surface area contributed by atoms with E-state index in [9.17, 15) is 4.79 Å². The normalized spacial score (nSPS) is 16.0. The van der Waals surface area contributed by atoms with Gasteiger partial charge in [-0.15, -0.1) is 5.10 Å². The van der Waals surface area contributed by atoms with Crippen LogP contribution in [0.1, 0.15) is 36.0 Å². The van der Waals surface area contributed by atoms with Crippen molar-refractivity contribution in [2.45, 2.75) is 25.7 Å². The van der Waals surface area contributed by atoms with Crippen LogP contribution in [-0.2, 0) is 0 Å². The second kappa shape index (κ2) is 7.82. The fraction of sp³-hybridized carbons (Fsp3) is 0.500. The highest BCUT2D eigenvalue weighted by atomic mass is 16.1. The van der Waals surface area contributed by atoms with E-state index in [1.165, 1.54) is 32.0 Å². The maximum Gasteiger partial charge on any atom is 0.251 e. The highest BCUT2D eigenvalue weighted by Gasteiger charge is 2.10. The highest BCUT2D eigenvalue weighted by molar-refractivity contribution is 5.94. The van der Waals surface area contributed by atoms with Gasteiger partial charge in [-0.3, -0.25) is 4.79 Å². The zero-order valence-corrected chi connectivity index (χ0v) is 13.2. The lowest BCUT2D eigenvalue weighted by molar-refractivity contribution is 0.0948. The van der Waals surface area contributed by atoms with Gasteiger partial charge in [-0.1, -0.05) is 12.8 Å². The van der Waals surface area contributed by atoms with Crippen LogP contribution in [0.5, 0.6) is 0 Å². The molecule has 0 aliphatic carbocycles. The third kappa shape index (κ3) is 4.35. The summed E-state index contributed by atoms with van der Waals surface area (Å²) in [5, 5.41) is 14.0. The van der Waals surface area contributed by atoms with Crippen LogP contribution < -0.4 is 5.32 Å². The first kappa shape index (κ1) is 15.6. The molecule has 1 aromatic heterocycles. The summed E-state index contributed by atoms with van der Waals surface area (Å²) in [5.74, 6) is -0.0388. The van der Waals surface area contributed by atoms with E-state index in [4.69, 9.17) is 0 Å². The zero-order chi connectivity index (χ0) is 15.9. The van der Waals surface area contributed by atoms with Crippen molar-refractivity contribution in [3.8, 4) is 5.69 Å². The highest BCUT2D eigenvalue weighted by Crippen LogP contribution is 2.09. The van der Waals surface area contributed by atoms with Crippen molar-refractivity contribution in [3.63, 3.8) is 0 Å². The topological polar surface area (TPSA) is 75.9 Å². The molecular formula is C16H22N6O. The van der Waals surface area contributed by atoms with Crippen molar-refractivity contribution in [3.05, 3.63) is 36.2 Å². The summed E-state index contributed by atoms with van der Waals surface area (Å²) >= 11 is 0. The lowest BCUT2D eigenvalue weighted by atomic mass is 10.2. The van der Waals surface area contributed by atoms with Gasteiger partial charge in [0, 0.05) is 18.7 Å². The largest absolute Gasteiger partial charge is 0.351 e. The summed E-state index contributed by atoms with van der Waals surface area (Å²) in [6, 6.07) is 7.25. The predicted molar refractivity (Wildman–Crippen MR) is 86.4 cm³/mol. The fourth-order valence-corrected chi connectivity index (χ4v) is 2.83.